The first kappa shape index (κ1) is 16.8. The Morgan fingerprint density at radius 2 is 1.64 bits per heavy atom. The summed E-state index contributed by atoms with van der Waals surface area (Å²) in [6, 6.07) is 15.0. The number of nitrogens with one attached hydrogen (secondary N) is 2. The molecule has 0 aliphatic heterocycles. The molecule has 1 aromatic heterocycles. The molecule has 3 rings (SSSR count). The largest absolute Gasteiger partial charge is 0.369 e. The van der Waals surface area contributed by atoms with Crippen molar-refractivity contribution in [1.29, 1.82) is 0 Å². The topological polar surface area (TPSA) is 106 Å². The highest BCUT2D eigenvalue weighted by Crippen LogP contribution is 2.20. The molecule has 7 nitrogen and oxygen atoms in total. The SMILES string of the molecule is NC(=O)Cc1cccc(Nc2ncnc(Nc3cccc(Br)c3)n2)c1. The molecule has 8 heteroatoms. The van der Waals surface area contributed by atoms with E-state index in [1.165, 1.54) is 6.33 Å². The van der Waals surface area contributed by atoms with Crippen LogP contribution in [-0.2, 0) is 11.2 Å². The molecule has 0 spiro atoms. The molecule has 25 heavy (non-hydrogen) atoms. The van der Waals surface area contributed by atoms with Crippen molar-refractivity contribution in [3.8, 4) is 0 Å². The van der Waals surface area contributed by atoms with E-state index in [1.54, 1.807) is 0 Å². The van der Waals surface area contributed by atoms with Gasteiger partial charge in [0.05, 0.1) is 6.42 Å². The zero-order chi connectivity index (χ0) is 17.6. The Morgan fingerprint density at radius 3 is 2.28 bits per heavy atom. The zero-order valence-electron chi connectivity index (χ0n) is 13.1. The summed E-state index contributed by atoms with van der Waals surface area (Å²) in [6.07, 6.45) is 1.60. The maximum absolute atomic E-state index is 11.0. The maximum Gasteiger partial charge on any atom is 0.232 e. The average molecular weight is 399 g/mol. The van der Waals surface area contributed by atoms with Crippen LogP contribution in [0.2, 0.25) is 0 Å². The van der Waals surface area contributed by atoms with Gasteiger partial charge in [0, 0.05) is 15.8 Å². The molecule has 0 saturated carbocycles. The van der Waals surface area contributed by atoms with Crippen LogP contribution < -0.4 is 16.4 Å². The van der Waals surface area contributed by atoms with Gasteiger partial charge in [-0.15, -0.1) is 0 Å². The monoisotopic (exact) mass is 398 g/mol. The number of aromatic nitrogens is 3. The number of carbonyl (C=O) groups is 1. The molecule has 0 unspecified atom stereocenters. The number of rotatable bonds is 6. The van der Waals surface area contributed by atoms with E-state index in [2.05, 4.69) is 41.5 Å². The first-order chi connectivity index (χ1) is 12.1. The number of benzene rings is 2. The minimum absolute atomic E-state index is 0.183. The Bertz CT molecular complexity index is 902. The molecule has 126 valence electrons. The summed E-state index contributed by atoms with van der Waals surface area (Å²) in [6.45, 7) is 0. The van der Waals surface area contributed by atoms with Crippen molar-refractivity contribution in [2.24, 2.45) is 5.73 Å². The number of carbonyl (C=O) groups excluding carboxylic acids is 1. The molecule has 0 fully saturated rings. The highest BCUT2D eigenvalue weighted by atomic mass is 79.9. The van der Waals surface area contributed by atoms with E-state index >= 15 is 0 Å². The highest BCUT2D eigenvalue weighted by molar-refractivity contribution is 9.10. The van der Waals surface area contributed by atoms with E-state index in [9.17, 15) is 4.79 Å². The van der Waals surface area contributed by atoms with Crippen LogP contribution in [0.5, 0.6) is 0 Å². The maximum atomic E-state index is 11.0. The van der Waals surface area contributed by atoms with Gasteiger partial charge in [-0.25, -0.2) is 9.97 Å². The van der Waals surface area contributed by atoms with Crippen LogP contribution in [0.15, 0.2) is 59.3 Å². The van der Waals surface area contributed by atoms with Crippen LogP contribution >= 0.6 is 15.9 Å². The van der Waals surface area contributed by atoms with Gasteiger partial charge in [-0.2, -0.15) is 4.98 Å². The zero-order valence-corrected chi connectivity index (χ0v) is 14.7. The van der Waals surface area contributed by atoms with Crippen molar-refractivity contribution >= 4 is 45.1 Å². The van der Waals surface area contributed by atoms with Gasteiger partial charge in [0.25, 0.3) is 0 Å². The van der Waals surface area contributed by atoms with E-state index in [0.29, 0.717) is 11.9 Å². The van der Waals surface area contributed by atoms with E-state index in [4.69, 9.17) is 5.73 Å². The van der Waals surface area contributed by atoms with E-state index in [0.717, 1.165) is 21.4 Å². The minimum Gasteiger partial charge on any atom is -0.369 e. The summed E-state index contributed by atoms with van der Waals surface area (Å²) >= 11 is 3.42. The van der Waals surface area contributed by atoms with Crippen molar-refractivity contribution in [2.45, 2.75) is 6.42 Å². The molecule has 2 aromatic carbocycles. The molecule has 0 bridgehead atoms. The standard InChI is InChI=1S/C17H15BrN6O/c18-12-4-2-6-14(9-12)23-17-21-10-20-16(24-17)22-13-5-1-3-11(7-13)8-15(19)25/h1-7,9-10H,8H2,(H2,19,25)(H2,20,21,22,23,24). The van der Waals surface area contributed by atoms with Crippen LogP contribution in [0, 0.1) is 0 Å². The first-order valence-corrected chi connectivity index (χ1v) is 8.24. The van der Waals surface area contributed by atoms with Crippen LogP contribution in [0.4, 0.5) is 23.3 Å². The molecular weight excluding hydrogens is 384 g/mol. The Morgan fingerprint density at radius 1 is 1.00 bits per heavy atom. The predicted octanol–water partition coefficient (Wildman–Crippen LogP) is 3.15. The number of nitrogens with two attached hydrogens (primary N) is 1. The highest BCUT2D eigenvalue weighted by Gasteiger charge is 2.04. The van der Waals surface area contributed by atoms with E-state index in [1.807, 2.05) is 48.5 Å². The second-order valence-corrected chi connectivity index (χ2v) is 6.15. The normalized spacial score (nSPS) is 10.3. The number of amides is 1. The molecule has 1 heterocycles. The second kappa shape index (κ2) is 7.71. The fourth-order valence-corrected chi connectivity index (χ4v) is 2.60. The molecule has 1 amide bonds. The first-order valence-electron chi connectivity index (χ1n) is 7.44. The summed E-state index contributed by atoms with van der Waals surface area (Å²) < 4.78 is 0.955. The van der Waals surface area contributed by atoms with E-state index < -0.39 is 0 Å². The van der Waals surface area contributed by atoms with Gasteiger partial charge in [-0.1, -0.05) is 34.1 Å². The Kier molecular flexibility index (Phi) is 5.20. The van der Waals surface area contributed by atoms with Crippen LogP contribution in [0.1, 0.15) is 5.56 Å². The van der Waals surface area contributed by atoms with Crippen molar-refractivity contribution < 1.29 is 4.79 Å². The van der Waals surface area contributed by atoms with E-state index in [-0.39, 0.29) is 12.3 Å². The molecule has 0 aliphatic rings. The van der Waals surface area contributed by atoms with Gasteiger partial charge in [0.1, 0.15) is 6.33 Å². The lowest BCUT2D eigenvalue weighted by atomic mass is 10.1. The molecular formula is C17H15BrN6O. The summed E-state index contributed by atoms with van der Waals surface area (Å²) in [7, 11) is 0. The van der Waals surface area contributed by atoms with Gasteiger partial charge >= 0.3 is 0 Å². The smallest absolute Gasteiger partial charge is 0.232 e. The lowest BCUT2D eigenvalue weighted by molar-refractivity contribution is -0.117. The van der Waals surface area contributed by atoms with Crippen molar-refractivity contribution in [1.82, 2.24) is 15.0 Å². The molecule has 0 saturated heterocycles. The molecule has 4 N–H and O–H groups in total. The lowest BCUT2D eigenvalue weighted by Gasteiger charge is -2.08. The van der Waals surface area contributed by atoms with Crippen LogP contribution in [0.3, 0.4) is 0 Å². The summed E-state index contributed by atoms with van der Waals surface area (Å²) in [4.78, 5) is 23.6. The molecule has 0 aliphatic carbocycles. The number of anilines is 4. The third-order valence-electron chi connectivity index (χ3n) is 3.21. The van der Waals surface area contributed by atoms with Gasteiger partial charge in [-0.05, 0) is 35.9 Å². The fourth-order valence-electron chi connectivity index (χ4n) is 2.20. The Labute approximate surface area is 152 Å². The quantitative estimate of drug-likeness (QED) is 0.588. The minimum atomic E-state index is -0.377. The fraction of sp³-hybridized carbons (Fsp3) is 0.0588. The third kappa shape index (κ3) is 4.98. The Hall–Kier alpha value is -3.00. The van der Waals surface area contributed by atoms with Crippen LogP contribution in [-0.4, -0.2) is 20.9 Å². The Balaban J connectivity index is 1.74. The number of primary amides is 1. The average Bonchev–Trinajstić information content (AvgIpc) is 2.55. The summed E-state index contributed by atoms with van der Waals surface area (Å²) in [5.41, 5.74) is 7.66. The van der Waals surface area contributed by atoms with Crippen molar-refractivity contribution in [3.63, 3.8) is 0 Å². The summed E-state index contributed by atoms with van der Waals surface area (Å²) in [5, 5.41) is 6.21. The van der Waals surface area contributed by atoms with Crippen molar-refractivity contribution in [2.75, 3.05) is 10.6 Å². The number of nitrogens with zero attached hydrogens (tertiary/aromatic N) is 3. The predicted molar refractivity (Wildman–Crippen MR) is 99.9 cm³/mol. The number of hydrogen-bond acceptors (Lipinski definition) is 6. The molecule has 0 radical (unpaired) electrons. The summed E-state index contributed by atoms with van der Waals surface area (Å²) in [5.74, 6) is 0.436. The van der Waals surface area contributed by atoms with Crippen LogP contribution in [0.25, 0.3) is 0 Å². The molecule has 3 aromatic rings. The molecule has 0 atom stereocenters. The van der Waals surface area contributed by atoms with Gasteiger partial charge < -0.3 is 16.4 Å². The van der Waals surface area contributed by atoms with Gasteiger partial charge in [0.2, 0.25) is 17.8 Å². The van der Waals surface area contributed by atoms with Gasteiger partial charge in [-0.3, -0.25) is 4.79 Å². The second-order valence-electron chi connectivity index (χ2n) is 5.24. The van der Waals surface area contributed by atoms with Gasteiger partial charge in [0.15, 0.2) is 0 Å². The third-order valence-corrected chi connectivity index (χ3v) is 3.71. The number of halogens is 1. The van der Waals surface area contributed by atoms with Crippen molar-refractivity contribution in [3.05, 3.63) is 64.9 Å². The number of hydrogen-bond donors (Lipinski definition) is 3. The lowest BCUT2D eigenvalue weighted by Crippen LogP contribution is -2.13.